The standard InChI is InChI=1S/C24H22N2O2/c25-14-27-18-8-4-16(5-9-18)24(17-6-10-19(11-7-17)28-15-26)22-12-13-23(24)21-3-1-2-20(21)22/h4-11,20-23H,1-3,12-13H2. The van der Waals surface area contributed by atoms with Gasteiger partial charge in [0.2, 0.25) is 0 Å². The smallest absolute Gasteiger partial charge is 0.292 e. The van der Waals surface area contributed by atoms with Gasteiger partial charge in [0.1, 0.15) is 11.5 Å². The summed E-state index contributed by atoms with van der Waals surface area (Å²) in [5, 5.41) is 17.6. The second-order valence-electron chi connectivity index (χ2n) is 8.35. The van der Waals surface area contributed by atoms with Crippen molar-refractivity contribution in [3.63, 3.8) is 0 Å². The van der Waals surface area contributed by atoms with Gasteiger partial charge in [-0.15, -0.1) is 10.5 Å². The molecule has 4 unspecified atom stereocenters. The SMILES string of the molecule is N#COc1ccc(C2(c3ccc(OC#N)cc3)C3CCC2C2CCCC23)cc1. The molecule has 0 radical (unpaired) electrons. The third-order valence-corrected chi connectivity index (χ3v) is 7.61. The molecule has 2 aromatic rings. The number of benzene rings is 2. The lowest BCUT2D eigenvalue weighted by molar-refractivity contribution is 0.259. The van der Waals surface area contributed by atoms with E-state index in [1.165, 1.54) is 43.2 Å². The molecule has 0 amide bonds. The van der Waals surface area contributed by atoms with E-state index in [2.05, 4.69) is 24.3 Å². The first-order chi connectivity index (χ1) is 13.8. The van der Waals surface area contributed by atoms with Crippen molar-refractivity contribution in [3.8, 4) is 24.0 Å². The maximum Gasteiger partial charge on any atom is 0.292 e. The zero-order valence-corrected chi connectivity index (χ0v) is 15.7. The van der Waals surface area contributed by atoms with Crippen LogP contribution in [-0.4, -0.2) is 0 Å². The van der Waals surface area contributed by atoms with Crippen LogP contribution in [0, 0.1) is 46.7 Å². The second kappa shape index (κ2) is 6.57. The van der Waals surface area contributed by atoms with Crippen molar-refractivity contribution in [3.05, 3.63) is 59.7 Å². The normalized spacial score (nSPS) is 28.9. The molecule has 0 heterocycles. The average molecular weight is 370 g/mol. The summed E-state index contributed by atoms with van der Waals surface area (Å²) < 4.78 is 10.0. The van der Waals surface area contributed by atoms with Crippen LogP contribution in [0.2, 0.25) is 0 Å². The Morgan fingerprint density at radius 1 is 0.679 bits per heavy atom. The van der Waals surface area contributed by atoms with E-state index in [-0.39, 0.29) is 5.41 Å². The predicted molar refractivity (Wildman–Crippen MR) is 103 cm³/mol. The number of hydrogen-bond acceptors (Lipinski definition) is 4. The van der Waals surface area contributed by atoms with E-state index in [1.807, 2.05) is 24.3 Å². The van der Waals surface area contributed by atoms with E-state index in [9.17, 15) is 0 Å². The van der Waals surface area contributed by atoms with Gasteiger partial charge in [-0.1, -0.05) is 30.7 Å². The number of hydrogen-bond donors (Lipinski definition) is 0. The van der Waals surface area contributed by atoms with Gasteiger partial charge in [0.25, 0.3) is 12.5 Å². The van der Waals surface area contributed by atoms with E-state index in [0.29, 0.717) is 23.3 Å². The van der Waals surface area contributed by atoms with Gasteiger partial charge in [0.05, 0.1) is 0 Å². The number of fused-ring (bicyclic) bond motifs is 5. The van der Waals surface area contributed by atoms with Crippen molar-refractivity contribution in [1.29, 1.82) is 10.5 Å². The summed E-state index contributed by atoms with van der Waals surface area (Å²) in [6, 6.07) is 16.3. The van der Waals surface area contributed by atoms with Gasteiger partial charge in [-0.2, -0.15) is 0 Å². The van der Waals surface area contributed by atoms with Crippen molar-refractivity contribution in [2.24, 2.45) is 23.7 Å². The average Bonchev–Trinajstić information content (AvgIpc) is 3.41. The Hall–Kier alpha value is -2.98. The van der Waals surface area contributed by atoms with Crippen LogP contribution in [0.3, 0.4) is 0 Å². The van der Waals surface area contributed by atoms with Gasteiger partial charge in [-0.25, -0.2) is 0 Å². The first-order valence-corrected chi connectivity index (χ1v) is 10.1. The quantitative estimate of drug-likeness (QED) is 0.698. The molecular formula is C24H22N2O2. The zero-order valence-electron chi connectivity index (χ0n) is 15.7. The molecule has 2 aromatic carbocycles. The molecule has 2 bridgehead atoms. The third-order valence-electron chi connectivity index (χ3n) is 7.61. The lowest BCUT2D eigenvalue weighted by atomic mass is 9.65. The highest BCUT2D eigenvalue weighted by atomic mass is 16.5. The van der Waals surface area contributed by atoms with Crippen LogP contribution in [0.15, 0.2) is 48.5 Å². The molecule has 0 aliphatic heterocycles. The van der Waals surface area contributed by atoms with Gasteiger partial charge in [0.15, 0.2) is 0 Å². The molecule has 0 aromatic heterocycles. The van der Waals surface area contributed by atoms with E-state index >= 15 is 0 Å². The maximum atomic E-state index is 8.80. The molecule has 0 N–H and O–H groups in total. The minimum absolute atomic E-state index is 0.00605. The van der Waals surface area contributed by atoms with Crippen molar-refractivity contribution >= 4 is 0 Å². The van der Waals surface area contributed by atoms with Gasteiger partial charge in [-0.05, 0) is 84.7 Å². The van der Waals surface area contributed by atoms with Crippen molar-refractivity contribution in [2.45, 2.75) is 37.5 Å². The van der Waals surface area contributed by atoms with Gasteiger partial charge < -0.3 is 9.47 Å². The first-order valence-electron chi connectivity index (χ1n) is 10.1. The molecule has 4 nitrogen and oxygen atoms in total. The first kappa shape index (κ1) is 17.1. The highest BCUT2D eigenvalue weighted by molar-refractivity contribution is 5.48. The Kier molecular flexibility index (Phi) is 4.02. The predicted octanol–water partition coefficient (Wildman–Crippen LogP) is 5.15. The molecule has 0 spiro atoms. The highest BCUT2D eigenvalue weighted by Crippen LogP contribution is 2.70. The summed E-state index contributed by atoms with van der Waals surface area (Å²) in [6.45, 7) is 0. The Bertz CT molecular complexity index is 873. The second-order valence-corrected chi connectivity index (χ2v) is 8.35. The minimum Gasteiger partial charge on any atom is -0.388 e. The zero-order chi connectivity index (χ0) is 19.1. The van der Waals surface area contributed by atoms with Crippen molar-refractivity contribution in [2.75, 3.05) is 0 Å². The summed E-state index contributed by atoms with van der Waals surface area (Å²) in [5.74, 6) is 4.09. The summed E-state index contributed by atoms with van der Waals surface area (Å²) in [6.07, 6.45) is 10.1. The Balaban J connectivity index is 1.64. The number of rotatable bonds is 4. The fourth-order valence-electron chi connectivity index (χ4n) is 6.94. The summed E-state index contributed by atoms with van der Waals surface area (Å²) in [4.78, 5) is 0. The Morgan fingerprint density at radius 2 is 1.11 bits per heavy atom. The molecule has 3 aliphatic rings. The molecule has 0 saturated heterocycles. The van der Waals surface area contributed by atoms with Crippen LogP contribution < -0.4 is 9.47 Å². The maximum absolute atomic E-state index is 8.80. The number of nitriles is 2. The summed E-state index contributed by atoms with van der Waals surface area (Å²) in [7, 11) is 0. The van der Waals surface area contributed by atoms with Gasteiger partial charge in [-0.3, -0.25) is 0 Å². The van der Waals surface area contributed by atoms with Crippen molar-refractivity contribution < 1.29 is 9.47 Å². The van der Waals surface area contributed by atoms with Crippen LogP contribution in [0.4, 0.5) is 0 Å². The van der Waals surface area contributed by atoms with Crippen LogP contribution in [0.25, 0.3) is 0 Å². The van der Waals surface area contributed by atoms with Gasteiger partial charge >= 0.3 is 0 Å². The molecule has 3 fully saturated rings. The topological polar surface area (TPSA) is 66.0 Å². The third kappa shape index (κ3) is 2.28. The lowest BCUT2D eigenvalue weighted by Gasteiger charge is -2.38. The molecule has 4 heteroatoms. The Morgan fingerprint density at radius 3 is 1.50 bits per heavy atom. The van der Waals surface area contributed by atoms with Crippen LogP contribution in [0.5, 0.6) is 11.5 Å². The van der Waals surface area contributed by atoms with Crippen LogP contribution in [0.1, 0.15) is 43.2 Å². The van der Waals surface area contributed by atoms with E-state index in [0.717, 1.165) is 11.8 Å². The fourth-order valence-corrected chi connectivity index (χ4v) is 6.94. The lowest BCUT2D eigenvalue weighted by Crippen LogP contribution is -2.35. The van der Waals surface area contributed by atoms with Gasteiger partial charge in [0, 0.05) is 5.41 Å². The number of nitrogens with zero attached hydrogens (tertiary/aromatic N) is 2. The molecule has 5 rings (SSSR count). The minimum atomic E-state index is 0.00605. The number of ether oxygens (including phenoxy) is 2. The molecular weight excluding hydrogens is 348 g/mol. The van der Waals surface area contributed by atoms with Crippen molar-refractivity contribution in [1.82, 2.24) is 0 Å². The highest BCUT2D eigenvalue weighted by Gasteiger charge is 2.65. The summed E-state index contributed by atoms with van der Waals surface area (Å²) >= 11 is 0. The van der Waals surface area contributed by atoms with Crippen LogP contribution in [-0.2, 0) is 5.41 Å². The summed E-state index contributed by atoms with van der Waals surface area (Å²) in [5.41, 5.74) is 2.66. The largest absolute Gasteiger partial charge is 0.388 e. The van der Waals surface area contributed by atoms with E-state index in [4.69, 9.17) is 20.0 Å². The monoisotopic (exact) mass is 370 g/mol. The molecule has 3 saturated carbocycles. The fraction of sp³-hybridized carbons (Fsp3) is 0.417. The molecule has 28 heavy (non-hydrogen) atoms. The van der Waals surface area contributed by atoms with E-state index < -0.39 is 0 Å². The van der Waals surface area contributed by atoms with Crippen LogP contribution >= 0.6 is 0 Å². The molecule has 4 atom stereocenters. The Labute approximate surface area is 165 Å². The molecule has 3 aliphatic carbocycles. The van der Waals surface area contributed by atoms with E-state index in [1.54, 1.807) is 12.5 Å². The molecule has 140 valence electrons.